The first kappa shape index (κ1) is 18.7. The maximum absolute atomic E-state index is 5.32. The number of rotatable bonds is 7. The highest BCUT2D eigenvalue weighted by Gasteiger charge is 2.12. The predicted octanol–water partition coefficient (Wildman–Crippen LogP) is 4.99. The zero-order valence-electron chi connectivity index (χ0n) is 15.5. The van der Waals surface area contributed by atoms with Crippen molar-refractivity contribution in [3.63, 3.8) is 0 Å². The number of nitrogens with one attached hydrogen (secondary N) is 1. The molecule has 0 fully saturated rings. The molecule has 2 heterocycles. The van der Waals surface area contributed by atoms with E-state index in [4.69, 9.17) is 14.1 Å². The minimum Gasteiger partial charge on any atom is -0.497 e. The second kappa shape index (κ2) is 8.54. The van der Waals surface area contributed by atoms with Crippen LogP contribution in [0.25, 0.3) is 22.3 Å². The van der Waals surface area contributed by atoms with Crippen LogP contribution in [0.15, 0.2) is 70.1 Å². The average Bonchev–Trinajstić information content (AvgIpc) is 3.26. The first-order valence-electron chi connectivity index (χ1n) is 9.04. The van der Waals surface area contributed by atoms with Crippen LogP contribution in [0.4, 0.5) is 0 Å². The summed E-state index contributed by atoms with van der Waals surface area (Å²) in [7, 11) is 1.66. The van der Waals surface area contributed by atoms with Gasteiger partial charge in [0, 0.05) is 22.5 Å². The molecular weight excluding hydrogens is 418 g/mol. The quantitative estimate of drug-likeness (QED) is 0.412. The molecule has 0 radical (unpaired) electrons. The van der Waals surface area contributed by atoms with E-state index in [1.54, 1.807) is 13.4 Å². The zero-order chi connectivity index (χ0) is 19.3. The molecule has 0 saturated heterocycles. The fraction of sp³-hybridized carbons (Fsp3) is 0.182. The third-order valence-corrected chi connectivity index (χ3v) is 5.13. The maximum Gasteiger partial charge on any atom is 0.181 e. The van der Waals surface area contributed by atoms with Crippen LogP contribution in [-0.2, 0) is 13.0 Å². The van der Waals surface area contributed by atoms with Crippen LogP contribution in [0.1, 0.15) is 11.1 Å². The molecule has 0 atom stereocenters. The van der Waals surface area contributed by atoms with Crippen molar-refractivity contribution in [2.24, 2.45) is 0 Å². The second-order valence-electron chi connectivity index (χ2n) is 6.48. The van der Waals surface area contributed by atoms with Crippen LogP contribution >= 0.6 is 15.9 Å². The molecule has 4 aromatic rings. The highest BCUT2D eigenvalue weighted by Crippen LogP contribution is 2.27. The summed E-state index contributed by atoms with van der Waals surface area (Å²) in [5.74, 6) is 0.784. The van der Waals surface area contributed by atoms with Crippen LogP contribution in [0.2, 0.25) is 0 Å². The van der Waals surface area contributed by atoms with Crippen molar-refractivity contribution in [2.45, 2.75) is 13.0 Å². The number of halogens is 1. The zero-order valence-corrected chi connectivity index (χ0v) is 17.1. The number of nitrogens with zero attached hydrogens (tertiary/aromatic N) is 2. The summed E-state index contributed by atoms with van der Waals surface area (Å²) < 4.78 is 11.6. The Kier molecular flexibility index (Phi) is 5.69. The Morgan fingerprint density at radius 2 is 1.96 bits per heavy atom. The van der Waals surface area contributed by atoms with Gasteiger partial charge < -0.3 is 14.5 Å². The van der Waals surface area contributed by atoms with E-state index in [0.717, 1.165) is 51.0 Å². The van der Waals surface area contributed by atoms with E-state index < -0.39 is 0 Å². The van der Waals surface area contributed by atoms with Crippen molar-refractivity contribution in [2.75, 3.05) is 13.7 Å². The molecule has 0 bridgehead atoms. The third kappa shape index (κ3) is 4.24. The van der Waals surface area contributed by atoms with E-state index in [0.29, 0.717) is 6.54 Å². The normalized spacial score (nSPS) is 11.1. The van der Waals surface area contributed by atoms with Gasteiger partial charge >= 0.3 is 0 Å². The van der Waals surface area contributed by atoms with Gasteiger partial charge in [0.25, 0.3) is 0 Å². The fourth-order valence-corrected chi connectivity index (χ4v) is 3.37. The molecule has 5 nitrogen and oxygen atoms in total. The van der Waals surface area contributed by atoms with Gasteiger partial charge in [-0.15, -0.1) is 0 Å². The monoisotopic (exact) mass is 437 g/mol. The summed E-state index contributed by atoms with van der Waals surface area (Å²) in [6, 6.07) is 16.5. The highest BCUT2D eigenvalue weighted by atomic mass is 79.9. The number of methoxy groups -OCH3 is 1. The van der Waals surface area contributed by atoms with E-state index in [1.165, 1.54) is 12.0 Å². The van der Waals surface area contributed by atoms with E-state index in [-0.39, 0.29) is 0 Å². The molecule has 6 heteroatoms. The number of hydrogen-bond acceptors (Lipinski definition) is 5. The Bertz CT molecular complexity index is 1060. The summed E-state index contributed by atoms with van der Waals surface area (Å²) in [5.41, 5.74) is 4.81. The Balaban J connectivity index is 1.54. The van der Waals surface area contributed by atoms with Gasteiger partial charge in [0.05, 0.1) is 18.3 Å². The molecule has 0 saturated carbocycles. The Morgan fingerprint density at radius 1 is 1.11 bits per heavy atom. The summed E-state index contributed by atoms with van der Waals surface area (Å²) >= 11 is 3.47. The molecule has 0 aliphatic heterocycles. The third-order valence-electron chi connectivity index (χ3n) is 4.60. The number of oxazole rings is 1. The number of hydrogen-bond donors (Lipinski definition) is 1. The molecule has 0 unspecified atom stereocenters. The molecule has 4 rings (SSSR count). The molecule has 1 N–H and O–H groups in total. The van der Waals surface area contributed by atoms with Crippen molar-refractivity contribution in [1.82, 2.24) is 15.3 Å². The smallest absolute Gasteiger partial charge is 0.181 e. The van der Waals surface area contributed by atoms with Crippen molar-refractivity contribution >= 4 is 26.8 Å². The number of pyridine rings is 1. The minimum atomic E-state index is 0.702. The summed E-state index contributed by atoms with van der Waals surface area (Å²) in [6.07, 6.45) is 4.02. The maximum atomic E-state index is 5.32. The van der Waals surface area contributed by atoms with Crippen LogP contribution in [0, 0.1) is 0 Å². The van der Waals surface area contributed by atoms with Gasteiger partial charge in [0.2, 0.25) is 0 Å². The van der Waals surface area contributed by atoms with Crippen LogP contribution < -0.4 is 10.1 Å². The molecule has 0 aliphatic rings. The van der Waals surface area contributed by atoms with E-state index in [1.807, 2.05) is 18.2 Å². The molecule has 2 aromatic heterocycles. The average molecular weight is 438 g/mol. The number of ether oxygens (including phenoxy) is 1. The lowest BCUT2D eigenvalue weighted by Gasteiger charge is -2.11. The minimum absolute atomic E-state index is 0.702. The summed E-state index contributed by atoms with van der Waals surface area (Å²) in [5, 5.41) is 4.59. The van der Waals surface area contributed by atoms with E-state index >= 15 is 0 Å². The van der Waals surface area contributed by atoms with Crippen LogP contribution in [0.5, 0.6) is 5.75 Å². The van der Waals surface area contributed by atoms with E-state index in [2.05, 4.69) is 56.6 Å². The molecule has 2 aromatic carbocycles. The number of benzene rings is 2. The largest absolute Gasteiger partial charge is 0.497 e. The van der Waals surface area contributed by atoms with Gasteiger partial charge in [-0.1, -0.05) is 28.1 Å². The van der Waals surface area contributed by atoms with E-state index in [9.17, 15) is 0 Å². The van der Waals surface area contributed by atoms with Gasteiger partial charge in [-0.25, -0.2) is 9.97 Å². The number of aromatic nitrogens is 2. The van der Waals surface area contributed by atoms with Crippen LogP contribution in [-0.4, -0.2) is 23.6 Å². The van der Waals surface area contributed by atoms with Gasteiger partial charge in [0.15, 0.2) is 6.39 Å². The first-order chi connectivity index (χ1) is 13.7. The summed E-state index contributed by atoms with van der Waals surface area (Å²) in [4.78, 5) is 9.11. The van der Waals surface area contributed by atoms with Gasteiger partial charge in [-0.3, -0.25) is 0 Å². The lowest BCUT2D eigenvalue weighted by Crippen LogP contribution is -2.17. The molecule has 0 amide bonds. The standard InChI is InChI=1S/C22H20BrN3O2/c1-27-19-7-4-16-10-17(12-24-9-8-15-2-5-18(23)6-3-15)22(26-20(16)11-19)21-13-28-14-25-21/h2-7,10-11,13-14,24H,8-9,12H2,1H3. The van der Waals surface area contributed by atoms with Crippen molar-refractivity contribution in [1.29, 1.82) is 0 Å². The van der Waals surface area contributed by atoms with Crippen molar-refractivity contribution in [3.05, 3.63) is 76.8 Å². The fourth-order valence-electron chi connectivity index (χ4n) is 3.11. The van der Waals surface area contributed by atoms with Gasteiger partial charge in [0.1, 0.15) is 17.7 Å². The van der Waals surface area contributed by atoms with Gasteiger partial charge in [-0.2, -0.15) is 0 Å². The van der Waals surface area contributed by atoms with Crippen molar-refractivity contribution in [3.8, 4) is 17.1 Å². The second-order valence-corrected chi connectivity index (χ2v) is 7.40. The highest BCUT2D eigenvalue weighted by molar-refractivity contribution is 9.10. The van der Waals surface area contributed by atoms with Crippen molar-refractivity contribution < 1.29 is 9.15 Å². The van der Waals surface area contributed by atoms with Crippen LogP contribution in [0.3, 0.4) is 0 Å². The Morgan fingerprint density at radius 3 is 2.71 bits per heavy atom. The molecule has 142 valence electrons. The molecule has 0 aliphatic carbocycles. The predicted molar refractivity (Wildman–Crippen MR) is 113 cm³/mol. The Hall–Kier alpha value is -2.70. The first-order valence-corrected chi connectivity index (χ1v) is 9.83. The topological polar surface area (TPSA) is 60.2 Å². The molecular formula is C22H20BrN3O2. The Labute approximate surface area is 171 Å². The summed E-state index contributed by atoms with van der Waals surface area (Å²) in [6.45, 7) is 1.58. The van der Waals surface area contributed by atoms with Gasteiger partial charge in [-0.05, 0) is 54.4 Å². The lowest BCUT2D eigenvalue weighted by molar-refractivity contribution is 0.415. The lowest BCUT2D eigenvalue weighted by atomic mass is 10.1. The number of fused-ring (bicyclic) bond motifs is 1. The SMILES string of the molecule is COc1ccc2cc(CNCCc3ccc(Br)cc3)c(-c3cocn3)nc2c1. The molecule has 0 spiro atoms. The molecule has 28 heavy (non-hydrogen) atoms.